The molecule has 1 aromatic rings. The summed E-state index contributed by atoms with van der Waals surface area (Å²) in [6, 6.07) is 2.15. The standard InChI is InChI=1S/C12H21N3O/c1-9(2)5-11-6-12-13-7-10(3-4-16)8-15(12)14-11/h6,9-10,13,16H,3-5,7-8H2,1-2H3. The lowest BCUT2D eigenvalue weighted by Gasteiger charge is -2.24. The first-order chi connectivity index (χ1) is 7.69. The van der Waals surface area contributed by atoms with E-state index in [9.17, 15) is 0 Å². The van der Waals surface area contributed by atoms with Crippen LogP contribution in [-0.4, -0.2) is 28.0 Å². The van der Waals surface area contributed by atoms with E-state index in [1.807, 2.05) is 4.68 Å². The monoisotopic (exact) mass is 223 g/mol. The average Bonchev–Trinajstić information content (AvgIpc) is 2.58. The van der Waals surface area contributed by atoms with E-state index >= 15 is 0 Å². The van der Waals surface area contributed by atoms with E-state index in [1.165, 1.54) is 5.69 Å². The predicted molar refractivity (Wildman–Crippen MR) is 64.5 cm³/mol. The van der Waals surface area contributed by atoms with E-state index in [0.717, 1.165) is 31.7 Å². The van der Waals surface area contributed by atoms with Crippen molar-refractivity contribution in [1.82, 2.24) is 9.78 Å². The van der Waals surface area contributed by atoms with Gasteiger partial charge in [-0.05, 0) is 24.7 Å². The van der Waals surface area contributed by atoms with Crippen LogP contribution in [0.1, 0.15) is 26.0 Å². The van der Waals surface area contributed by atoms with Gasteiger partial charge in [0, 0.05) is 25.8 Å². The summed E-state index contributed by atoms with van der Waals surface area (Å²) in [6.45, 7) is 6.57. The first-order valence-corrected chi connectivity index (χ1v) is 6.10. The number of fused-ring (bicyclic) bond motifs is 1. The van der Waals surface area contributed by atoms with Gasteiger partial charge in [0.2, 0.25) is 0 Å². The van der Waals surface area contributed by atoms with Crippen LogP contribution in [-0.2, 0) is 13.0 Å². The lowest BCUT2D eigenvalue weighted by molar-refractivity contribution is 0.244. The minimum absolute atomic E-state index is 0.266. The fourth-order valence-corrected chi connectivity index (χ4v) is 2.20. The molecule has 4 nitrogen and oxygen atoms in total. The smallest absolute Gasteiger partial charge is 0.124 e. The zero-order chi connectivity index (χ0) is 11.5. The predicted octanol–water partition coefficient (Wildman–Crippen LogP) is 1.51. The van der Waals surface area contributed by atoms with Gasteiger partial charge < -0.3 is 10.4 Å². The Morgan fingerprint density at radius 2 is 2.44 bits per heavy atom. The summed E-state index contributed by atoms with van der Waals surface area (Å²) < 4.78 is 2.04. The van der Waals surface area contributed by atoms with E-state index in [1.54, 1.807) is 0 Å². The maximum absolute atomic E-state index is 8.93. The van der Waals surface area contributed by atoms with Crippen LogP contribution in [0.25, 0.3) is 0 Å². The maximum Gasteiger partial charge on any atom is 0.124 e. The van der Waals surface area contributed by atoms with Gasteiger partial charge in [-0.2, -0.15) is 5.10 Å². The number of aliphatic hydroxyl groups excluding tert-OH is 1. The van der Waals surface area contributed by atoms with Gasteiger partial charge in [-0.1, -0.05) is 13.8 Å². The lowest BCUT2D eigenvalue weighted by Crippen LogP contribution is -2.28. The second-order valence-electron chi connectivity index (χ2n) is 5.06. The number of nitrogens with zero attached hydrogens (tertiary/aromatic N) is 2. The minimum atomic E-state index is 0.266. The molecule has 1 aromatic heterocycles. The SMILES string of the molecule is CC(C)Cc1cc2n(n1)CC(CCO)CN2. The van der Waals surface area contributed by atoms with Gasteiger partial charge in [0.15, 0.2) is 0 Å². The Balaban J connectivity index is 2.04. The molecule has 2 N–H and O–H groups in total. The fraction of sp³-hybridized carbons (Fsp3) is 0.750. The Bertz CT molecular complexity index is 346. The Kier molecular flexibility index (Phi) is 3.49. The van der Waals surface area contributed by atoms with Gasteiger partial charge in [0.05, 0.1) is 5.69 Å². The highest BCUT2D eigenvalue weighted by molar-refractivity contribution is 5.38. The van der Waals surface area contributed by atoms with Crippen molar-refractivity contribution in [3.63, 3.8) is 0 Å². The van der Waals surface area contributed by atoms with Crippen LogP contribution in [0.5, 0.6) is 0 Å². The molecular formula is C12H21N3O. The fourth-order valence-electron chi connectivity index (χ4n) is 2.20. The molecule has 0 radical (unpaired) electrons. The molecule has 16 heavy (non-hydrogen) atoms. The van der Waals surface area contributed by atoms with Crippen LogP contribution in [0.3, 0.4) is 0 Å². The second kappa shape index (κ2) is 4.87. The van der Waals surface area contributed by atoms with Crippen LogP contribution in [0, 0.1) is 11.8 Å². The number of hydrogen-bond donors (Lipinski definition) is 2. The second-order valence-corrected chi connectivity index (χ2v) is 5.06. The Morgan fingerprint density at radius 3 is 3.12 bits per heavy atom. The summed E-state index contributed by atoms with van der Waals surface area (Å²) in [7, 11) is 0. The van der Waals surface area contributed by atoms with Crippen molar-refractivity contribution in [2.24, 2.45) is 11.8 Å². The molecule has 1 aliphatic rings. The molecule has 0 saturated carbocycles. The average molecular weight is 223 g/mol. The molecule has 0 saturated heterocycles. The number of aromatic nitrogens is 2. The van der Waals surface area contributed by atoms with Crippen LogP contribution in [0.15, 0.2) is 6.07 Å². The van der Waals surface area contributed by atoms with E-state index in [4.69, 9.17) is 5.11 Å². The molecule has 1 unspecified atom stereocenters. The van der Waals surface area contributed by atoms with Crippen LogP contribution in [0.2, 0.25) is 0 Å². The quantitative estimate of drug-likeness (QED) is 0.813. The molecule has 0 aliphatic carbocycles. The summed E-state index contributed by atoms with van der Waals surface area (Å²) in [6.07, 6.45) is 1.89. The lowest BCUT2D eigenvalue weighted by atomic mass is 10.1. The highest BCUT2D eigenvalue weighted by Crippen LogP contribution is 2.21. The van der Waals surface area contributed by atoms with Crippen molar-refractivity contribution in [2.45, 2.75) is 33.2 Å². The zero-order valence-corrected chi connectivity index (χ0v) is 10.1. The molecule has 1 atom stereocenters. The molecule has 0 aromatic carbocycles. The van der Waals surface area contributed by atoms with Crippen molar-refractivity contribution in [2.75, 3.05) is 18.5 Å². The molecule has 0 spiro atoms. The molecule has 90 valence electrons. The summed E-state index contributed by atoms with van der Waals surface area (Å²) >= 11 is 0. The number of anilines is 1. The molecule has 4 heteroatoms. The first kappa shape index (κ1) is 11.5. The van der Waals surface area contributed by atoms with Crippen LogP contribution < -0.4 is 5.32 Å². The Labute approximate surface area is 96.7 Å². The van der Waals surface area contributed by atoms with Crippen molar-refractivity contribution in [3.05, 3.63) is 11.8 Å². The van der Waals surface area contributed by atoms with Gasteiger partial charge in [-0.15, -0.1) is 0 Å². The third-order valence-corrected chi connectivity index (χ3v) is 2.99. The van der Waals surface area contributed by atoms with Gasteiger partial charge >= 0.3 is 0 Å². The van der Waals surface area contributed by atoms with Crippen molar-refractivity contribution in [1.29, 1.82) is 0 Å². The summed E-state index contributed by atoms with van der Waals surface area (Å²) in [5, 5.41) is 16.9. The van der Waals surface area contributed by atoms with Gasteiger partial charge in [0.25, 0.3) is 0 Å². The summed E-state index contributed by atoms with van der Waals surface area (Å²) in [4.78, 5) is 0. The molecule has 0 bridgehead atoms. The number of aliphatic hydroxyl groups is 1. The Morgan fingerprint density at radius 1 is 1.62 bits per heavy atom. The van der Waals surface area contributed by atoms with Crippen molar-refractivity contribution >= 4 is 5.82 Å². The maximum atomic E-state index is 8.93. The number of hydrogen-bond acceptors (Lipinski definition) is 3. The normalized spacial score (nSPS) is 19.6. The Hall–Kier alpha value is -1.03. The molecular weight excluding hydrogens is 202 g/mol. The highest BCUT2D eigenvalue weighted by Gasteiger charge is 2.19. The van der Waals surface area contributed by atoms with Gasteiger partial charge in [0.1, 0.15) is 5.82 Å². The molecule has 2 heterocycles. The topological polar surface area (TPSA) is 50.1 Å². The first-order valence-electron chi connectivity index (χ1n) is 6.10. The van der Waals surface area contributed by atoms with E-state index < -0.39 is 0 Å². The van der Waals surface area contributed by atoms with Gasteiger partial charge in [-0.3, -0.25) is 0 Å². The van der Waals surface area contributed by atoms with Crippen LogP contribution in [0.4, 0.5) is 5.82 Å². The van der Waals surface area contributed by atoms with Crippen molar-refractivity contribution in [3.8, 4) is 0 Å². The van der Waals surface area contributed by atoms with E-state index in [2.05, 4.69) is 30.3 Å². The molecule has 2 rings (SSSR count). The summed E-state index contributed by atoms with van der Waals surface area (Å²) in [5.41, 5.74) is 1.17. The zero-order valence-electron chi connectivity index (χ0n) is 10.1. The minimum Gasteiger partial charge on any atom is -0.396 e. The van der Waals surface area contributed by atoms with E-state index in [-0.39, 0.29) is 6.61 Å². The number of nitrogens with one attached hydrogen (secondary N) is 1. The summed E-state index contributed by atoms with van der Waals surface area (Å²) in [5.74, 6) is 2.28. The molecule has 0 fully saturated rings. The third-order valence-electron chi connectivity index (χ3n) is 2.99. The van der Waals surface area contributed by atoms with E-state index in [0.29, 0.717) is 11.8 Å². The largest absolute Gasteiger partial charge is 0.396 e. The number of rotatable bonds is 4. The molecule has 0 amide bonds. The molecule has 1 aliphatic heterocycles. The van der Waals surface area contributed by atoms with Crippen LogP contribution >= 0.6 is 0 Å². The highest BCUT2D eigenvalue weighted by atomic mass is 16.3. The van der Waals surface area contributed by atoms with Crippen molar-refractivity contribution < 1.29 is 5.11 Å². The third kappa shape index (κ3) is 2.55. The van der Waals surface area contributed by atoms with Gasteiger partial charge in [-0.25, -0.2) is 4.68 Å².